The van der Waals surface area contributed by atoms with Gasteiger partial charge in [0.2, 0.25) is 0 Å². The van der Waals surface area contributed by atoms with Crippen molar-refractivity contribution in [2.24, 2.45) is 0 Å². The van der Waals surface area contributed by atoms with Crippen LogP contribution in [0, 0.1) is 0 Å². The second-order valence-corrected chi connectivity index (χ2v) is 7.18. The molecule has 0 spiro atoms. The van der Waals surface area contributed by atoms with Crippen LogP contribution in [0.1, 0.15) is 16.1 Å². The summed E-state index contributed by atoms with van der Waals surface area (Å²) in [4.78, 5) is 17.4. The molecule has 1 N–H and O–H groups in total. The molecule has 0 aliphatic carbocycles. The fraction of sp³-hybridized carbons (Fsp3) is 0.318. The van der Waals surface area contributed by atoms with Gasteiger partial charge in [0, 0.05) is 43.8 Å². The van der Waals surface area contributed by atoms with Crippen molar-refractivity contribution in [2.75, 3.05) is 45.7 Å². The number of nitrogens with one attached hydrogen (secondary N) is 1. The molecule has 1 aliphatic rings. The van der Waals surface area contributed by atoms with Gasteiger partial charge in [-0.1, -0.05) is 24.3 Å². The number of fused-ring (bicyclic) bond motifs is 1. The van der Waals surface area contributed by atoms with Gasteiger partial charge in [-0.15, -0.1) is 0 Å². The number of anilines is 1. The number of likely N-dealkylation sites (N-methyl/N-ethyl adjacent to an activating group) is 1. The van der Waals surface area contributed by atoms with Gasteiger partial charge in [-0.25, -0.2) is 0 Å². The Morgan fingerprint density at radius 2 is 1.86 bits per heavy atom. The molecule has 1 amide bonds. The number of rotatable bonds is 5. The van der Waals surface area contributed by atoms with Crippen LogP contribution in [-0.4, -0.2) is 56.0 Å². The van der Waals surface area contributed by atoms with E-state index < -0.39 is 0 Å². The lowest BCUT2D eigenvalue weighted by Crippen LogP contribution is -2.43. The molecule has 2 heterocycles. The van der Waals surface area contributed by atoms with E-state index in [-0.39, 0.29) is 11.7 Å². The number of methoxy groups -OCH3 is 1. The molecular formula is C22H25N3O3. The number of benzene rings is 2. The summed E-state index contributed by atoms with van der Waals surface area (Å²) in [6.07, 6.45) is 0. The number of carbonyl (C=O) groups excluding carboxylic acids is 1. The molecule has 146 valence electrons. The summed E-state index contributed by atoms with van der Waals surface area (Å²) in [5.74, 6) is 0.647. The number of nitrogens with zero attached hydrogens (tertiary/aromatic N) is 2. The summed E-state index contributed by atoms with van der Waals surface area (Å²) in [6.45, 7) is 5.02. The number of piperazine rings is 1. The van der Waals surface area contributed by atoms with Crippen LogP contribution >= 0.6 is 0 Å². The molecule has 0 radical (unpaired) electrons. The third-order valence-electron chi connectivity index (χ3n) is 5.20. The molecule has 6 heteroatoms. The lowest BCUT2D eigenvalue weighted by Gasteiger charge is -2.32. The number of para-hydroxylation sites is 1. The number of hydrogen-bond acceptors (Lipinski definition) is 5. The molecular weight excluding hydrogens is 354 g/mol. The second kappa shape index (κ2) is 8.04. The van der Waals surface area contributed by atoms with Crippen molar-refractivity contribution in [3.63, 3.8) is 0 Å². The van der Waals surface area contributed by atoms with E-state index in [2.05, 4.69) is 28.2 Å². The quantitative estimate of drug-likeness (QED) is 0.736. The topological polar surface area (TPSA) is 58.0 Å². The van der Waals surface area contributed by atoms with Crippen molar-refractivity contribution in [1.29, 1.82) is 0 Å². The molecule has 1 aliphatic heterocycles. The van der Waals surface area contributed by atoms with E-state index in [1.807, 2.05) is 42.5 Å². The first-order chi connectivity index (χ1) is 13.6. The number of carbonyl (C=O) groups is 1. The van der Waals surface area contributed by atoms with Gasteiger partial charge >= 0.3 is 0 Å². The van der Waals surface area contributed by atoms with Crippen molar-refractivity contribution in [3.05, 3.63) is 59.9 Å². The van der Waals surface area contributed by atoms with Crippen molar-refractivity contribution < 1.29 is 13.9 Å². The van der Waals surface area contributed by atoms with Crippen LogP contribution < -0.4 is 10.1 Å². The summed E-state index contributed by atoms with van der Waals surface area (Å²) in [5.41, 5.74) is 2.49. The van der Waals surface area contributed by atoms with Crippen molar-refractivity contribution in [1.82, 2.24) is 9.80 Å². The van der Waals surface area contributed by atoms with Gasteiger partial charge < -0.3 is 19.4 Å². The van der Waals surface area contributed by atoms with E-state index >= 15 is 0 Å². The molecule has 3 aromatic rings. The number of hydrogen-bond donors (Lipinski definition) is 1. The fourth-order valence-corrected chi connectivity index (χ4v) is 3.53. The van der Waals surface area contributed by atoms with E-state index in [9.17, 15) is 4.79 Å². The normalized spacial score (nSPS) is 15.6. The molecule has 1 fully saturated rings. The Labute approximate surface area is 164 Å². The molecule has 0 unspecified atom stereocenters. The minimum Gasteiger partial charge on any atom is -0.493 e. The zero-order valence-electron chi connectivity index (χ0n) is 16.3. The molecule has 6 nitrogen and oxygen atoms in total. The highest BCUT2D eigenvalue weighted by molar-refractivity contribution is 6.05. The zero-order chi connectivity index (χ0) is 19.5. The zero-order valence-corrected chi connectivity index (χ0v) is 16.3. The highest BCUT2D eigenvalue weighted by atomic mass is 16.5. The molecule has 0 atom stereocenters. The van der Waals surface area contributed by atoms with Crippen LogP contribution in [0.15, 0.2) is 52.9 Å². The first-order valence-electron chi connectivity index (χ1n) is 9.51. The van der Waals surface area contributed by atoms with Crippen LogP contribution in [0.25, 0.3) is 11.0 Å². The predicted octanol–water partition coefficient (Wildman–Crippen LogP) is 3.44. The fourth-order valence-electron chi connectivity index (χ4n) is 3.53. The van der Waals surface area contributed by atoms with Gasteiger partial charge in [-0.05, 0) is 36.9 Å². The van der Waals surface area contributed by atoms with Crippen LogP contribution in [0.4, 0.5) is 5.69 Å². The Morgan fingerprint density at radius 1 is 1.11 bits per heavy atom. The molecule has 2 aromatic carbocycles. The second-order valence-electron chi connectivity index (χ2n) is 7.18. The average Bonchev–Trinajstić information content (AvgIpc) is 3.17. The van der Waals surface area contributed by atoms with Crippen LogP contribution in [0.2, 0.25) is 0 Å². The van der Waals surface area contributed by atoms with E-state index in [0.29, 0.717) is 11.3 Å². The summed E-state index contributed by atoms with van der Waals surface area (Å²) >= 11 is 0. The average molecular weight is 379 g/mol. The molecule has 0 saturated carbocycles. The molecule has 28 heavy (non-hydrogen) atoms. The molecule has 1 saturated heterocycles. The van der Waals surface area contributed by atoms with Gasteiger partial charge in [0.1, 0.15) is 0 Å². The summed E-state index contributed by atoms with van der Waals surface area (Å²) in [7, 11) is 3.76. The van der Waals surface area contributed by atoms with Gasteiger partial charge in [-0.2, -0.15) is 0 Å². The van der Waals surface area contributed by atoms with E-state index in [4.69, 9.17) is 9.15 Å². The minimum absolute atomic E-state index is 0.269. The maximum atomic E-state index is 12.7. The van der Waals surface area contributed by atoms with Gasteiger partial charge in [0.15, 0.2) is 17.1 Å². The largest absolute Gasteiger partial charge is 0.493 e. The number of ether oxygens (including phenoxy) is 1. The highest BCUT2D eigenvalue weighted by Gasteiger charge is 2.20. The first-order valence-corrected chi connectivity index (χ1v) is 9.51. The third kappa shape index (κ3) is 3.88. The maximum absolute atomic E-state index is 12.7. The van der Waals surface area contributed by atoms with Crippen LogP contribution in [0.3, 0.4) is 0 Å². The van der Waals surface area contributed by atoms with E-state index in [1.165, 1.54) is 0 Å². The summed E-state index contributed by atoms with van der Waals surface area (Å²) in [5, 5.41) is 3.80. The van der Waals surface area contributed by atoms with Crippen LogP contribution in [-0.2, 0) is 6.54 Å². The Kier molecular flexibility index (Phi) is 5.32. The van der Waals surface area contributed by atoms with Gasteiger partial charge in [-0.3, -0.25) is 9.69 Å². The van der Waals surface area contributed by atoms with E-state index in [1.54, 1.807) is 7.11 Å². The smallest absolute Gasteiger partial charge is 0.291 e. The van der Waals surface area contributed by atoms with Crippen molar-refractivity contribution >= 4 is 22.6 Å². The monoisotopic (exact) mass is 379 g/mol. The molecule has 1 aromatic heterocycles. The van der Waals surface area contributed by atoms with Gasteiger partial charge in [0.05, 0.1) is 7.11 Å². The standard InChI is InChI=1S/C22H25N3O3/c1-24-10-12-25(13-11-24)15-16-8-9-19(27-2)21-18(16)14-20(28-21)22(26)23-17-6-4-3-5-7-17/h3-9,14H,10-13,15H2,1-2H3,(H,23,26). The molecule has 4 rings (SSSR count). The van der Waals surface area contributed by atoms with Crippen molar-refractivity contribution in [3.8, 4) is 5.75 Å². The number of amides is 1. The molecule has 0 bridgehead atoms. The summed E-state index contributed by atoms with van der Waals surface area (Å²) < 4.78 is 11.4. The van der Waals surface area contributed by atoms with E-state index in [0.717, 1.165) is 49.4 Å². The Hall–Kier alpha value is -2.83. The lowest BCUT2D eigenvalue weighted by atomic mass is 10.1. The maximum Gasteiger partial charge on any atom is 0.291 e. The predicted molar refractivity (Wildman–Crippen MR) is 110 cm³/mol. The minimum atomic E-state index is -0.269. The highest BCUT2D eigenvalue weighted by Crippen LogP contribution is 2.32. The van der Waals surface area contributed by atoms with Crippen LogP contribution in [0.5, 0.6) is 5.75 Å². The number of furan rings is 1. The van der Waals surface area contributed by atoms with Crippen molar-refractivity contribution in [2.45, 2.75) is 6.54 Å². The van der Waals surface area contributed by atoms with Gasteiger partial charge in [0.25, 0.3) is 5.91 Å². The lowest BCUT2D eigenvalue weighted by molar-refractivity contribution is 0.0998. The Bertz CT molecular complexity index is 960. The first kappa shape index (κ1) is 18.5. The third-order valence-corrected chi connectivity index (χ3v) is 5.20. The summed E-state index contributed by atoms with van der Waals surface area (Å²) in [6, 6.07) is 15.2. The Balaban J connectivity index is 1.62. The SMILES string of the molecule is COc1ccc(CN2CCN(C)CC2)c2cc(C(=O)Nc3ccccc3)oc12. The Morgan fingerprint density at radius 3 is 2.57 bits per heavy atom.